The van der Waals surface area contributed by atoms with Crippen molar-refractivity contribution in [1.82, 2.24) is 0 Å². The maximum atomic E-state index is 11.9. The Hall–Kier alpha value is -1.36. The van der Waals surface area contributed by atoms with Crippen molar-refractivity contribution in [1.29, 1.82) is 0 Å². The van der Waals surface area contributed by atoms with Gasteiger partial charge in [0.25, 0.3) is 0 Å². The van der Waals surface area contributed by atoms with Crippen molar-refractivity contribution >= 4 is 11.9 Å². The molecule has 0 aromatic carbocycles. The molecule has 0 amide bonds. The maximum Gasteiger partial charge on any atom is 0.306 e. The van der Waals surface area contributed by atoms with Crippen LogP contribution in [-0.4, -0.2) is 36.4 Å². The molecule has 0 aliphatic rings. The summed E-state index contributed by atoms with van der Waals surface area (Å²) in [6.07, 6.45) is 20.6. The van der Waals surface area contributed by atoms with Crippen molar-refractivity contribution in [2.24, 2.45) is 0 Å². The fourth-order valence-corrected chi connectivity index (χ4v) is 3.11. The number of aliphatic hydroxyl groups is 1. The Kier molecular flexibility index (Phi) is 21.3. The second-order valence-corrected chi connectivity index (χ2v) is 8.06. The van der Waals surface area contributed by atoms with Gasteiger partial charge in [-0.1, -0.05) is 77.4 Å². The van der Waals surface area contributed by atoms with Crippen LogP contribution in [0.15, 0.2) is 12.2 Å². The van der Waals surface area contributed by atoms with Crippen LogP contribution in [0, 0.1) is 0 Å². The van der Waals surface area contributed by atoms with Crippen molar-refractivity contribution < 1.29 is 24.2 Å². The second-order valence-electron chi connectivity index (χ2n) is 8.06. The first-order chi connectivity index (χ1) is 14.6. The van der Waals surface area contributed by atoms with Crippen LogP contribution in [0.3, 0.4) is 0 Å². The summed E-state index contributed by atoms with van der Waals surface area (Å²) >= 11 is 0. The minimum Gasteiger partial charge on any atom is -0.462 e. The van der Waals surface area contributed by atoms with Gasteiger partial charge in [0.2, 0.25) is 0 Å². The molecule has 1 unspecified atom stereocenters. The number of hydrogen-bond acceptors (Lipinski definition) is 5. The third-order valence-electron chi connectivity index (χ3n) is 5.06. The first-order valence-electron chi connectivity index (χ1n) is 12.2. The Labute approximate surface area is 184 Å². The Morgan fingerprint density at radius 1 is 0.733 bits per heavy atom. The molecule has 0 heterocycles. The van der Waals surface area contributed by atoms with Gasteiger partial charge in [-0.05, 0) is 38.5 Å². The largest absolute Gasteiger partial charge is 0.462 e. The van der Waals surface area contributed by atoms with Gasteiger partial charge < -0.3 is 14.6 Å². The quantitative estimate of drug-likeness (QED) is 0.133. The highest BCUT2D eigenvalue weighted by atomic mass is 16.6. The van der Waals surface area contributed by atoms with E-state index in [0.717, 1.165) is 38.5 Å². The van der Waals surface area contributed by atoms with Gasteiger partial charge >= 0.3 is 11.9 Å². The molecule has 0 aliphatic carbocycles. The lowest BCUT2D eigenvalue weighted by Crippen LogP contribution is -2.28. The van der Waals surface area contributed by atoms with Crippen LogP contribution in [0.5, 0.6) is 0 Å². The van der Waals surface area contributed by atoms with Gasteiger partial charge in [-0.2, -0.15) is 0 Å². The Balaban J connectivity index is 3.55. The summed E-state index contributed by atoms with van der Waals surface area (Å²) in [5.41, 5.74) is 0. The van der Waals surface area contributed by atoms with E-state index in [1.807, 2.05) is 6.92 Å². The molecular weight excluding hydrogens is 380 g/mol. The van der Waals surface area contributed by atoms with Gasteiger partial charge in [0.05, 0.1) is 6.61 Å². The topological polar surface area (TPSA) is 72.8 Å². The molecule has 0 fully saturated rings. The van der Waals surface area contributed by atoms with E-state index in [9.17, 15) is 14.7 Å². The predicted octanol–water partition coefficient (Wildman–Crippen LogP) is 6.27. The predicted molar refractivity (Wildman–Crippen MR) is 122 cm³/mol. The minimum absolute atomic E-state index is 0.0724. The van der Waals surface area contributed by atoms with Crippen LogP contribution < -0.4 is 0 Å². The van der Waals surface area contributed by atoms with Gasteiger partial charge in [-0.15, -0.1) is 0 Å². The zero-order chi connectivity index (χ0) is 22.3. The lowest BCUT2D eigenvalue weighted by molar-refractivity contribution is -0.161. The highest BCUT2D eigenvalue weighted by molar-refractivity contribution is 5.70. The first-order valence-corrected chi connectivity index (χ1v) is 12.2. The van der Waals surface area contributed by atoms with E-state index in [2.05, 4.69) is 19.1 Å². The molecule has 30 heavy (non-hydrogen) atoms. The number of rotatable bonds is 21. The highest BCUT2D eigenvalue weighted by Gasteiger charge is 2.15. The van der Waals surface area contributed by atoms with Gasteiger partial charge in [0.15, 0.2) is 6.10 Å². The van der Waals surface area contributed by atoms with Crippen LogP contribution in [0.25, 0.3) is 0 Å². The molecule has 0 saturated heterocycles. The number of hydrogen-bond donors (Lipinski definition) is 1. The average molecular weight is 427 g/mol. The molecule has 0 radical (unpaired) electrons. The molecule has 0 saturated carbocycles. The standard InChI is InChI=1S/C25H46O5/c1-3-5-7-8-9-10-11-12-13-14-15-16-17-18-20-25(28)30-23(21-26)22-29-24(27)19-6-4-2/h11-12,23,26H,3-10,13-22H2,1-2H3/b12-11-. The maximum absolute atomic E-state index is 11.9. The summed E-state index contributed by atoms with van der Waals surface area (Å²) in [6.45, 7) is 3.84. The first kappa shape index (κ1) is 28.6. The zero-order valence-electron chi connectivity index (χ0n) is 19.5. The fraction of sp³-hybridized carbons (Fsp3) is 0.840. The van der Waals surface area contributed by atoms with E-state index in [4.69, 9.17) is 9.47 Å². The molecule has 1 N–H and O–H groups in total. The number of esters is 2. The van der Waals surface area contributed by atoms with Gasteiger partial charge in [-0.25, -0.2) is 0 Å². The average Bonchev–Trinajstić information content (AvgIpc) is 2.75. The van der Waals surface area contributed by atoms with Crippen molar-refractivity contribution in [3.63, 3.8) is 0 Å². The van der Waals surface area contributed by atoms with E-state index < -0.39 is 6.10 Å². The van der Waals surface area contributed by atoms with E-state index >= 15 is 0 Å². The third-order valence-corrected chi connectivity index (χ3v) is 5.06. The number of ether oxygens (including phenoxy) is 2. The van der Waals surface area contributed by atoms with Crippen molar-refractivity contribution in [2.45, 2.75) is 123 Å². The molecule has 0 bridgehead atoms. The van der Waals surface area contributed by atoms with Gasteiger partial charge in [-0.3, -0.25) is 9.59 Å². The Morgan fingerprint density at radius 2 is 1.27 bits per heavy atom. The Morgan fingerprint density at radius 3 is 1.87 bits per heavy atom. The fourth-order valence-electron chi connectivity index (χ4n) is 3.11. The van der Waals surface area contributed by atoms with Gasteiger partial charge in [0.1, 0.15) is 6.61 Å². The summed E-state index contributed by atoms with van der Waals surface area (Å²) in [5, 5.41) is 9.28. The lowest BCUT2D eigenvalue weighted by atomic mass is 10.1. The molecule has 0 aliphatic heterocycles. The molecular formula is C25H46O5. The number of aliphatic hydroxyl groups excluding tert-OH is 1. The molecule has 5 nitrogen and oxygen atoms in total. The van der Waals surface area contributed by atoms with Crippen LogP contribution in [0.4, 0.5) is 0 Å². The molecule has 176 valence electrons. The van der Waals surface area contributed by atoms with Crippen LogP contribution in [0.2, 0.25) is 0 Å². The molecule has 0 aromatic rings. The molecule has 1 atom stereocenters. The van der Waals surface area contributed by atoms with Gasteiger partial charge in [0, 0.05) is 12.8 Å². The van der Waals surface area contributed by atoms with Crippen molar-refractivity contribution in [3.05, 3.63) is 12.2 Å². The van der Waals surface area contributed by atoms with E-state index in [1.54, 1.807) is 0 Å². The summed E-state index contributed by atoms with van der Waals surface area (Å²) in [7, 11) is 0. The monoisotopic (exact) mass is 426 g/mol. The number of allylic oxidation sites excluding steroid dienone is 2. The van der Waals surface area contributed by atoms with Crippen LogP contribution in [-0.2, 0) is 19.1 Å². The summed E-state index contributed by atoms with van der Waals surface area (Å²) < 4.78 is 10.2. The molecule has 0 spiro atoms. The number of carbonyl (C=O) groups is 2. The Bertz CT molecular complexity index is 433. The van der Waals surface area contributed by atoms with Crippen molar-refractivity contribution in [2.75, 3.05) is 13.2 Å². The van der Waals surface area contributed by atoms with Crippen LogP contribution >= 0.6 is 0 Å². The highest BCUT2D eigenvalue weighted by Crippen LogP contribution is 2.10. The summed E-state index contributed by atoms with van der Waals surface area (Å²) in [6, 6.07) is 0. The number of carbonyl (C=O) groups excluding carboxylic acids is 2. The van der Waals surface area contributed by atoms with E-state index in [1.165, 1.54) is 51.4 Å². The van der Waals surface area contributed by atoms with E-state index in [0.29, 0.717) is 12.8 Å². The summed E-state index contributed by atoms with van der Waals surface area (Å²) in [5.74, 6) is -0.645. The van der Waals surface area contributed by atoms with Crippen LogP contribution in [0.1, 0.15) is 117 Å². The van der Waals surface area contributed by atoms with E-state index in [-0.39, 0.29) is 25.2 Å². The zero-order valence-corrected chi connectivity index (χ0v) is 19.5. The SMILES string of the molecule is CCCCCCC/C=C\CCCCCCCC(=O)OC(CO)COC(=O)CCCC. The van der Waals surface area contributed by atoms with Crippen molar-refractivity contribution in [3.8, 4) is 0 Å². The second kappa shape index (κ2) is 22.3. The molecule has 0 aromatic heterocycles. The minimum atomic E-state index is -0.762. The smallest absolute Gasteiger partial charge is 0.306 e. The summed E-state index contributed by atoms with van der Waals surface area (Å²) in [4.78, 5) is 23.3. The lowest BCUT2D eigenvalue weighted by Gasteiger charge is -2.15. The molecule has 0 rings (SSSR count). The molecule has 5 heteroatoms. The normalized spacial score (nSPS) is 12.2. The number of unbranched alkanes of at least 4 members (excludes halogenated alkanes) is 11. The third kappa shape index (κ3) is 19.9.